The molecule has 1 atom stereocenters. The maximum atomic E-state index is 11.9. The molecule has 2 aliphatic rings. The zero-order chi connectivity index (χ0) is 18.5. The quantitative estimate of drug-likeness (QED) is 0.475. The van der Waals surface area contributed by atoms with Crippen molar-refractivity contribution in [3.05, 3.63) is 33.7 Å². The van der Waals surface area contributed by atoms with Crippen molar-refractivity contribution < 1.29 is 9.59 Å². The molecule has 2 amide bonds. The van der Waals surface area contributed by atoms with Crippen molar-refractivity contribution in [3.8, 4) is 0 Å². The van der Waals surface area contributed by atoms with Crippen LogP contribution in [0.4, 0.5) is 10.5 Å². The summed E-state index contributed by atoms with van der Waals surface area (Å²) < 4.78 is 0. The number of likely N-dealkylation sites (N-methyl/N-ethyl adjacent to an activating group) is 1. The van der Waals surface area contributed by atoms with Crippen LogP contribution in [0.2, 0.25) is 5.02 Å². The molecule has 2 saturated heterocycles. The van der Waals surface area contributed by atoms with Gasteiger partial charge in [0.25, 0.3) is 11.1 Å². The summed E-state index contributed by atoms with van der Waals surface area (Å²) in [5, 5.41) is 9.33. The molecule has 1 aromatic rings. The number of rotatable bonds is 6. The monoisotopic (exact) mass is 430 g/mol. The molecule has 0 saturated carbocycles. The Bertz CT molecular complexity index is 729. The smallest absolute Gasteiger partial charge is 0.290 e. The third-order valence-corrected chi connectivity index (χ3v) is 5.61. The van der Waals surface area contributed by atoms with Gasteiger partial charge in [0.2, 0.25) is 0 Å². The summed E-state index contributed by atoms with van der Waals surface area (Å²) in [5.41, 5.74) is 1.79. The predicted octanol–water partition coefficient (Wildman–Crippen LogP) is 2.86. The fourth-order valence-corrected chi connectivity index (χ4v) is 4.27. The molecule has 2 heterocycles. The van der Waals surface area contributed by atoms with E-state index in [0.29, 0.717) is 16.0 Å². The number of carbonyl (C=O) groups is 2. The summed E-state index contributed by atoms with van der Waals surface area (Å²) in [6.07, 6.45) is 3.96. The van der Waals surface area contributed by atoms with Gasteiger partial charge in [-0.1, -0.05) is 23.7 Å². The lowest BCUT2D eigenvalue weighted by Gasteiger charge is -2.36. The lowest BCUT2D eigenvalue weighted by Crippen LogP contribution is -2.47. The van der Waals surface area contributed by atoms with Gasteiger partial charge < -0.3 is 15.5 Å². The zero-order valence-corrected chi connectivity index (χ0v) is 17.5. The molecule has 0 unspecified atom stereocenters. The minimum atomic E-state index is -0.351. The number of nitrogens with zero attached hydrogens (tertiary/aromatic N) is 1. The maximum Gasteiger partial charge on any atom is 0.290 e. The van der Waals surface area contributed by atoms with Gasteiger partial charge in [-0.3, -0.25) is 14.9 Å². The van der Waals surface area contributed by atoms with E-state index in [1.165, 1.54) is 0 Å². The molecular weight excluding hydrogens is 407 g/mol. The first-order valence-corrected chi connectivity index (χ1v) is 9.94. The SMILES string of the molecule is CNCCN[C@@H]1CCCN(c2c(Cl)cccc2C=C2SC(=O)NC2=O)C1.Cl. The number of nitrogens with one attached hydrogen (secondary N) is 3. The second-order valence-corrected chi connectivity index (χ2v) is 7.79. The highest BCUT2D eigenvalue weighted by Crippen LogP contribution is 2.35. The Morgan fingerprint density at radius 2 is 2.19 bits per heavy atom. The third kappa shape index (κ3) is 5.62. The Labute approximate surface area is 174 Å². The fourth-order valence-electron chi connectivity index (χ4n) is 3.29. The third-order valence-electron chi connectivity index (χ3n) is 4.49. The number of benzene rings is 1. The summed E-state index contributed by atoms with van der Waals surface area (Å²) in [4.78, 5) is 26.0. The van der Waals surface area contributed by atoms with E-state index in [-0.39, 0.29) is 23.6 Å². The summed E-state index contributed by atoms with van der Waals surface area (Å²) in [5.74, 6) is -0.351. The molecule has 3 rings (SSSR count). The van der Waals surface area contributed by atoms with Crippen LogP contribution in [0.1, 0.15) is 18.4 Å². The molecule has 0 radical (unpaired) electrons. The van der Waals surface area contributed by atoms with Crippen LogP contribution in [0, 0.1) is 0 Å². The number of anilines is 1. The van der Waals surface area contributed by atoms with Crippen molar-refractivity contribution in [3.63, 3.8) is 0 Å². The van der Waals surface area contributed by atoms with Crippen molar-refractivity contribution in [1.82, 2.24) is 16.0 Å². The van der Waals surface area contributed by atoms with Crippen LogP contribution >= 0.6 is 35.8 Å². The molecular formula is C18H24Cl2N4O2S. The van der Waals surface area contributed by atoms with Crippen molar-refractivity contribution in [1.29, 1.82) is 0 Å². The Morgan fingerprint density at radius 3 is 2.89 bits per heavy atom. The van der Waals surface area contributed by atoms with Gasteiger partial charge in [-0.2, -0.15) is 0 Å². The fraction of sp³-hybridized carbons (Fsp3) is 0.444. The topological polar surface area (TPSA) is 73.5 Å². The largest absolute Gasteiger partial charge is 0.368 e. The Balaban J connectivity index is 0.00000261. The van der Waals surface area contributed by atoms with Crippen molar-refractivity contribution in [2.24, 2.45) is 0 Å². The first-order chi connectivity index (χ1) is 12.6. The Morgan fingerprint density at radius 1 is 1.37 bits per heavy atom. The molecule has 148 valence electrons. The van der Waals surface area contributed by atoms with Gasteiger partial charge in [0.15, 0.2) is 0 Å². The second kappa shape index (κ2) is 10.3. The number of piperidine rings is 1. The number of imide groups is 1. The standard InChI is InChI=1S/C18H23ClN4O2S.ClH/c1-20-7-8-21-13-5-3-9-23(11-13)16-12(4-2-6-14(16)19)10-15-17(24)22-18(25)26-15;/h2,4,6,10,13,20-21H,3,5,7-9,11H2,1H3,(H,22,24,25);1H/t13-;/m1./s1. The Hall–Kier alpha value is -1.25. The van der Waals surface area contributed by atoms with Crippen LogP contribution in [0.25, 0.3) is 6.08 Å². The van der Waals surface area contributed by atoms with Crippen molar-refractivity contribution >= 4 is 58.7 Å². The first kappa shape index (κ1) is 22.0. The van der Waals surface area contributed by atoms with E-state index < -0.39 is 0 Å². The lowest BCUT2D eigenvalue weighted by atomic mass is 10.0. The van der Waals surface area contributed by atoms with E-state index in [9.17, 15) is 9.59 Å². The highest BCUT2D eigenvalue weighted by Gasteiger charge is 2.27. The molecule has 9 heteroatoms. The number of hydrogen-bond donors (Lipinski definition) is 3. The molecule has 0 aliphatic carbocycles. The molecule has 0 bridgehead atoms. The Kier molecular flexibility index (Phi) is 8.44. The van der Waals surface area contributed by atoms with Crippen LogP contribution in [0.3, 0.4) is 0 Å². The van der Waals surface area contributed by atoms with Crippen molar-refractivity contribution in [2.75, 3.05) is 38.1 Å². The van der Waals surface area contributed by atoms with Gasteiger partial charge in [0, 0.05) is 37.8 Å². The number of hydrogen-bond acceptors (Lipinski definition) is 6. The molecule has 0 spiro atoms. The van der Waals surface area contributed by atoms with E-state index in [1.54, 1.807) is 6.08 Å². The number of thioether (sulfide) groups is 1. The predicted molar refractivity (Wildman–Crippen MR) is 115 cm³/mol. The van der Waals surface area contributed by atoms with Crippen LogP contribution in [-0.4, -0.2) is 50.4 Å². The molecule has 1 aromatic carbocycles. The van der Waals surface area contributed by atoms with E-state index in [4.69, 9.17) is 11.6 Å². The number of carbonyl (C=O) groups excluding carboxylic acids is 2. The van der Waals surface area contributed by atoms with Crippen LogP contribution in [0.15, 0.2) is 23.1 Å². The molecule has 27 heavy (non-hydrogen) atoms. The number of amides is 2. The number of halogens is 2. The number of para-hydroxylation sites is 1. The van der Waals surface area contributed by atoms with Crippen LogP contribution in [0.5, 0.6) is 0 Å². The van der Waals surface area contributed by atoms with E-state index >= 15 is 0 Å². The van der Waals surface area contributed by atoms with Crippen molar-refractivity contribution in [2.45, 2.75) is 18.9 Å². The first-order valence-electron chi connectivity index (χ1n) is 8.75. The summed E-state index contributed by atoms with van der Waals surface area (Å²) in [6.45, 7) is 3.64. The summed E-state index contributed by atoms with van der Waals surface area (Å²) in [7, 11) is 1.94. The van der Waals surface area contributed by atoms with Gasteiger partial charge in [-0.05, 0) is 43.8 Å². The summed E-state index contributed by atoms with van der Waals surface area (Å²) in [6, 6.07) is 6.07. The minimum Gasteiger partial charge on any atom is -0.368 e. The van der Waals surface area contributed by atoms with E-state index in [0.717, 1.165) is 62.0 Å². The van der Waals surface area contributed by atoms with Crippen LogP contribution in [-0.2, 0) is 4.79 Å². The molecule has 0 aromatic heterocycles. The average molecular weight is 431 g/mol. The average Bonchev–Trinajstić information content (AvgIpc) is 2.93. The second-order valence-electron chi connectivity index (χ2n) is 6.37. The van der Waals surface area contributed by atoms with Gasteiger partial charge in [-0.15, -0.1) is 12.4 Å². The highest BCUT2D eigenvalue weighted by atomic mass is 35.5. The van der Waals surface area contributed by atoms with E-state index in [2.05, 4.69) is 20.9 Å². The summed E-state index contributed by atoms with van der Waals surface area (Å²) >= 11 is 7.44. The molecule has 2 fully saturated rings. The lowest BCUT2D eigenvalue weighted by molar-refractivity contribution is -0.115. The zero-order valence-electron chi connectivity index (χ0n) is 15.1. The normalized spacial score (nSPS) is 21.3. The maximum absolute atomic E-state index is 11.9. The van der Waals surface area contributed by atoms with Gasteiger partial charge in [-0.25, -0.2) is 0 Å². The van der Waals surface area contributed by atoms with Gasteiger partial charge in [0.05, 0.1) is 15.6 Å². The molecule has 6 nitrogen and oxygen atoms in total. The van der Waals surface area contributed by atoms with Gasteiger partial charge >= 0.3 is 0 Å². The van der Waals surface area contributed by atoms with E-state index in [1.807, 2.05) is 25.2 Å². The minimum absolute atomic E-state index is 0. The van der Waals surface area contributed by atoms with Gasteiger partial charge in [0.1, 0.15) is 0 Å². The molecule has 2 aliphatic heterocycles. The molecule has 3 N–H and O–H groups in total. The highest BCUT2D eigenvalue weighted by molar-refractivity contribution is 8.18. The van der Waals surface area contributed by atoms with Crippen LogP contribution < -0.4 is 20.9 Å².